The van der Waals surface area contributed by atoms with Gasteiger partial charge in [0.2, 0.25) is 12.9 Å². The zero-order valence-electron chi connectivity index (χ0n) is 34.0. The number of carbonyl (C=O) groups excluding carboxylic acids is 1. The number of hydrogen-bond acceptors (Lipinski definition) is 22. The van der Waals surface area contributed by atoms with Gasteiger partial charge in [0.15, 0.2) is 58.6 Å². The molecule has 13 N–H and O–H groups in total. The lowest BCUT2D eigenvalue weighted by molar-refractivity contribution is -0.353. The van der Waals surface area contributed by atoms with Crippen LogP contribution in [-0.2, 0) is 28.4 Å². The third-order valence-corrected chi connectivity index (χ3v) is 10.8. The van der Waals surface area contributed by atoms with Gasteiger partial charge in [0.25, 0.3) is 0 Å². The standard InChI is InChI=1S/C42H46O23/c1-57-26-8-16(2-5-21(26)45)3-7-30(49)58-14-28-32(51)34(53)37(56)40(63-28)60-15-29-33(52)35(54)39(65-41-36(55)31(50)24(48)13-59-41)42(64-29)62-27-12-19-22(46)10-18(43)11-25(19)61-38(27)17-4-6-20(44)23(47)9-17/h2-12,24,28-29,31-37,39-42,44-48,50-56H,13-15H2,1H3/p+1/b7-3+/t24-,28-,29-,31+,32-,33+,34+,35+,36-,37-,39-,40-,41+,42-/m1/s1. The minimum absolute atomic E-state index is 0.0348. The van der Waals surface area contributed by atoms with E-state index in [2.05, 4.69) is 0 Å². The van der Waals surface area contributed by atoms with Gasteiger partial charge in [0, 0.05) is 17.7 Å². The van der Waals surface area contributed by atoms with Gasteiger partial charge in [-0.15, -0.1) is 0 Å². The zero-order valence-corrected chi connectivity index (χ0v) is 34.0. The molecular formula is C42H47O23+. The van der Waals surface area contributed by atoms with Gasteiger partial charge < -0.3 is 108 Å². The minimum Gasteiger partial charge on any atom is -0.507 e. The third kappa shape index (κ3) is 10.3. The van der Waals surface area contributed by atoms with Crippen molar-refractivity contribution in [3.63, 3.8) is 0 Å². The van der Waals surface area contributed by atoms with Crippen molar-refractivity contribution in [2.75, 3.05) is 26.9 Å². The van der Waals surface area contributed by atoms with E-state index in [0.29, 0.717) is 5.56 Å². The first kappa shape index (κ1) is 47.3. The van der Waals surface area contributed by atoms with Crippen LogP contribution < -0.4 is 14.9 Å². The molecule has 7 rings (SSSR count). The molecule has 2 aromatic carbocycles. The van der Waals surface area contributed by atoms with E-state index >= 15 is 0 Å². The smallest absolute Gasteiger partial charge is 0.507 e. The first-order chi connectivity index (χ1) is 30.9. The van der Waals surface area contributed by atoms with Crippen LogP contribution in [0.4, 0.5) is 0 Å². The number of fused-ring (bicyclic) bond motifs is 1. The molecule has 1 aliphatic carbocycles. The Morgan fingerprint density at radius 1 is 0.708 bits per heavy atom. The van der Waals surface area contributed by atoms with Crippen molar-refractivity contribution in [1.29, 1.82) is 0 Å². The Labute approximate surface area is 366 Å². The first-order valence-electron chi connectivity index (χ1n) is 19.8. The fourth-order valence-electron chi connectivity index (χ4n) is 7.15. The Balaban J connectivity index is 1.12. The average Bonchev–Trinajstić information content (AvgIpc) is 3.28. The van der Waals surface area contributed by atoms with Crippen LogP contribution in [0.1, 0.15) is 5.56 Å². The Bertz CT molecular complexity index is 2350. The molecule has 14 atom stereocenters. The molecular weight excluding hydrogens is 872 g/mol. The molecule has 0 spiro atoms. The number of phenols is 4. The number of aromatic hydroxyl groups is 4. The predicted molar refractivity (Wildman–Crippen MR) is 215 cm³/mol. The number of aliphatic hydroxyl groups excluding tert-OH is 8. The molecule has 65 heavy (non-hydrogen) atoms. The molecule has 0 aromatic heterocycles. The van der Waals surface area contributed by atoms with E-state index in [-0.39, 0.29) is 39.9 Å². The summed E-state index contributed by atoms with van der Waals surface area (Å²) in [6.07, 6.45) is -22.6. The summed E-state index contributed by atoms with van der Waals surface area (Å²) in [6, 6.07) is 11.0. The highest BCUT2D eigenvalue weighted by Gasteiger charge is 2.52. The van der Waals surface area contributed by atoms with E-state index < -0.39 is 134 Å². The molecule has 4 heterocycles. The van der Waals surface area contributed by atoms with Crippen LogP contribution in [0, 0.1) is 0 Å². The largest absolute Gasteiger partial charge is 0.510 e. The van der Waals surface area contributed by atoms with Crippen molar-refractivity contribution in [3.05, 3.63) is 76.5 Å². The summed E-state index contributed by atoms with van der Waals surface area (Å²) in [5.74, 6) is -3.00. The fraction of sp³-hybridized carbons (Fsp3) is 0.429. The van der Waals surface area contributed by atoms with Gasteiger partial charge in [-0.05, 0) is 48.0 Å². The second kappa shape index (κ2) is 19.8. The van der Waals surface area contributed by atoms with Gasteiger partial charge in [-0.25, -0.2) is 0 Å². The lowest BCUT2D eigenvalue weighted by Crippen LogP contribution is -2.64. The molecule has 23 nitrogen and oxygen atoms in total. The van der Waals surface area contributed by atoms with Gasteiger partial charge in [-0.3, -0.25) is 4.79 Å². The number of ether oxygens (including phenoxy) is 8. The topological polar surface area (TPSA) is 368 Å². The van der Waals surface area contributed by atoms with Crippen LogP contribution in [0.25, 0.3) is 28.7 Å². The van der Waals surface area contributed by atoms with Gasteiger partial charge in [-0.2, -0.15) is 0 Å². The van der Waals surface area contributed by atoms with E-state index in [1.165, 1.54) is 43.5 Å². The molecule has 0 bridgehead atoms. The maximum atomic E-state index is 12.3. The molecule has 2 aromatic rings. The van der Waals surface area contributed by atoms with E-state index in [4.69, 9.17) is 42.3 Å². The second-order valence-corrected chi connectivity index (χ2v) is 15.3. The average molecular weight is 920 g/mol. The van der Waals surface area contributed by atoms with E-state index in [1.54, 1.807) is 0 Å². The van der Waals surface area contributed by atoms with Crippen molar-refractivity contribution in [2.24, 2.45) is 0 Å². The number of phenolic OH excluding ortho intramolecular Hbond substituents is 4. The molecule has 0 unspecified atom stereocenters. The molecule has 0 saturated carbocycles. The zero-order chi connectivity index (χ0) is 46.9. The number of esters is 1. The summed E-state index contributed by atoms with van der Waals surface area (Å²) in [7, 11) is 1.35. The van der Waals surface area contributed by atoms with Crippen LogP contribution >= 0.6 is 0 Å². The number of aliphatic hydroxyl groups is 8. The van der Waals surface area contributed by atoms with Gasteiger partial charge in [0.1, 0.15) is 72.5 Å². The summed E-state index contributed by atoms with van der Waals surface area (Å²) < 4.78 is 51.1. The number of benzene rings is 3. The van der Waals surface area contributed by atoms with Crippen LogP contribution in [0.15, 0.2) is 69.9 Å². The summed E-state index contributed by atoms with van der Waals surface area (Å²) in [4.78, 5) is 22.6. The lowest BCUT2D eigenvalue weighted by Gasteiger charge is -2.45. The summed E-state index contributed by atoms with van der Waals surface area (Å²) >= 11 is 0. The number of methoxy groups -OCH3 is 1. The maximum Gasteiger partial charge on any atom is 0.510 e. The van der Waals surface area contributed by atoms with Crippen molar-refractivity contribution in [3.8, 4) is 57.1 Å². The summed E-state index contributed by atoms with van der Waals surface area (Å²) in [6.45, 7) is -1.89. The Morgan fingerprint density at radius 2 is 1.40 bits per heavy atom. The molecule has 5 aliphatic rings. The molecule has 23 heteroatoms. The third-order valence-electron chi connectivity index (χ3n) is 10.8. The SMILES string of the molecule is COc1cc(/C=C/C(=[OH+])OC[C@H]2O[C@@H](OC[C@H]3O[C@@H](Oc4cc5c(O)cc(=O)cc-5oc4-c4ccc(O)c(O)c4)[C@H](O[C@@H]4OC[C@@H](O)[C@H](O)[C@H]4O)[C@@H](O)[C@H]3O)[C@H](O)[C@@H](O)[C@@H]2O)ccc1O. The highest BCUT2D eigenvalue weighted by molar-refractivity contribution is 5.88. The second-order valence-electron chi connectivity index (χ2n) is 15.3. The van der Waals surface area contributed by atoms with Gasteiger partial charge in [-0.1, -0.05) is 6.07 Å². The Hall–Kier alpha value is -5.64. The van der Waals surface area contributed by atoms with Gasteiger partial charge in [0.05, 0.1) is 32.0 Å². The summed E-state index contributed by atoms with van der Waals surface area (Å²) in [5, 5.41) is 127. The van der Waals surface area contributed by atoms with Crippen molar-refractivity contribution < 1.29 is 108 Å². The molecule has 352 valence electrons. The van der Waals surface area contributed by atoms with Crippen LogP contribution in [0.5, 0.6) is 34.5 Å². The van der Waals surface area contributed by atoms with Crippen LogP contribution in [0.3, 0.4) is 0 Å². The first-order valence-corrected chi connectivity index (χ1v) is 19.8. The van der Waals surface area contributed by atoms with Crippen molar-refractivity contribution in [2.45, 2.75) is 86.0 Å². The van der Waals surface area contributed by atoms with E-state index in [1.807, 2.05) is 0 Å². The minimum atomic E-state index is -2.03. The highest BCUT2D eigenvalue weighted by atomic mass is 16.8. The van der Waals surface area contributed by atoms with Crippen molar-refractivity contribution >= 4 is 12.0 Å². The fourth-order valence-corrected chi connectivity index (χ4v) is 7.15. The maximum absolute atomic E-state index is 12.3. The van der Waals surface area contributed by atoms with E-state index in [9.17, 15) is 70.9 Å². The molecule has 0 amide bonds. The van der Waals surface area contributed by atoms with Gasteiger partial charge >= 0.3 is 5.97 Å². The normalized spacial score (nSPS) is 31.8. The Kier molecular flexibility index (Phi) is 14.5. The van der Waals surface area contributed by atoms with E-state index in [0.717, 1.165) is 30.3 Å². The van der Waals surface area contributed by atoms with Crippen molar-refractivity contribution in [1.82, 2.24) is 0 Å². The highest BCUT2D eigenvalue weighted by Crippen LogP contribution is 2.43. The molecule has 0 radical (unpaired) electrons. The number of hydrogen-bond donors (Lipinski definition) is 12. The molecule has 4 aliphatic heterocycles. The predicted octanol–water partition coefficient (Wildman–Crippen LogP) is -2.05. The van der Waals surface area contributed by atoms with Crippen LogP contribution in [0.2, 0.25) is 0 Å². The number of rotatable bonds is 13. The lowest BCUT2D eigenvalue weighted by atomic mass is 9.97. The molecule has 3 saturated heterocycles. The molecule has 3 fully saturated rings. The Morgan fingerprint density at radius 3 is 2.14 bits per heavy atom. The quantitative estimate of drug-likeness (QED) is 0.0297. The monoisotopic (exact) mass is 919 g/mol. The summed E-state index contributed by atoms with van der Waals surface area (Å²) in [5.41, 5.74) is -0.182. The van der Waals surface area contributed by atoms with Crippen LogP contribution in [-0.4, -0.2) is 185 Å².